The molecule has 0 aliphatic carbocycles. The zero-order valence-electron chi connectivity index (χ0n) is 4.58. The van der Waals surface area contributed by atoms with E-state index in [4.69, 9.17) is 5.39 Å². The molecular formula is C6H4IN2+. The predicted octanol–water partition coefficient (Wildman–Crippen LogP) is 2.78. The Kier molecular flexibility index (Phi) is 2.01. The van der Waals surface area contributed by atoms with Crippen molar-refractivity contribution in [1.29, 1.82) is 5.39 Å². The highest BCUT2D eigenvalue weighted by Crippen LogP contribution is 2.14. The molecule has 0 spiro atoms. The molecule has 0 amide bonds. The SMILES string of the molecule is N#[N+]c1cccc(I)c1. The third-order valence-electron chi connectivity index (χ3n) is 0.924. The quantitative estimate of drug-likeness (QED) is 0.498. The zero-order chi connectivity index (χ0) is 6.69. The van der Waals surface area contributed by atoms with Crippen LogP contribution in [0.4, 0.5) is 5.69 Å². The van der Waals surface area contributed by atoms with Crippen LogP contribution in [0.5, 0.6) is 0 Å². The molecule has 0 aliphatic rings. The van der Waals surface area contributed by atoms with Crippen LogP contribution < -0.4 is 0 Å². The highest BCUT2D eigenvalue weighted by atomic mass is 127. The number of diazo groups is 1. The lowest BCUT2D eigenvalue weighted by Crippen LogP contribution is -1.64. The van der Waals surface area contributed by atoms with Crippen LogP contribution in [0.1, 0.15) is 0 Å². The summed E-state index contributed by atoms with van der Waals surface area (Å²) in [7, 11) is 0. The summed E-state index contributed by atoms with van der Waals surface area (Å²) in [6.45, 7) is 0. The lowest BCUT2D eigenvalue weighted by Gasteiger charge is -1.79. The van der Waals surface area contributed by atoms with Gasteiger partial charge < -0.3 is 0 Å². The van der Waals surface area contributed by atoms with Gasteiger partial charge in [0.2, 0.25) is 5.39 Å². The number of nitrogens with zero attached hydrogens (tertiary/aromatic N) is 2. The monoisotopic (exact) mass is 231 g/mol. The van der Waals surface area contributed by atoms with Crippen molar-refractivity contribution in [3.8, 4) is 0 Å². The van der Waals surface area contributed by atoms with Crippen molar-refractivity contribution in [1.82, 2.24) is 0 Å². The van der Waals surface area contributed by atoms with Gasteiger partial charge in [-0.25, -0.2) is 0 Å². The van der Waals surface area contributed by atoms with E-state index in [1.807, 2.05) is 12.1 Å². The van der Waals surface area contributed by atoms with Crippen molar-refractivity contribution in [3.05, 3.63) is 32.8 Å². The highest BCUT2D eigenvalue weighted by molar-refractivity contribution is 14.1. The van der Waals surface area contributed by atoms with E-state index < -0.39 is 0 Å². The Morgan fingerprint density at radius 1 is 1.44 bits per heavy atom. The van der Waals surface area contributed by atoms with Crippen molar-refractivity contribution in [3.63, 3.8) is 0 Å². The molecule has 1 aromatic rings. The summed E-state index contributed by atoms with van der Waals surface area (Å²) in [4.78, 5) is 3.03. The Morgan fingerprint density at radius 3 is 2.67 bits per heavy atom. The fraction of sp³-hybridized carbons (Fsp3) is 0. The molecule has 44 valence electrons. The molecule has 1 aromatic carbocycles. The summed E-state index contributed by atoms with van der Waals surface area (Å²) in [5.41, 5.74) is 0.599. The standard InChI is InChI=1S/C6H4IN2/c7-5-2-1-3-6(4-5)9-8/h1-4H/q+1. The molecule has 0 heterocycles. The topological polar surface area (TPSA) is 28.1 Å². The maximum atomic E-state index is 8.28. The van der Waals surface area contributed by atoms with E-state index in [1.165, 1.54) is 0 Å². The van der Waals surface area contributed by atoms with E-state index in [-0.39, 0.29) is 0 Å². The lowest BCUT2D eigenvalue weighted by molar-refractivity contribution is 1.46. The molecule has 0 bridgehead atoms. The summed E-state index contributed by atoms with van der Waals surface area (Å²) in [6, 6.07) is 7.31. The summed E-state index contributed by atoms with van der Waals surface area (Å²) in [5.74, 6) is 0. The van der Waals surface area contributed by atoms with E-state index in [0.29, 0.717) is 5.69 Å². The largest absolute Gasteiger partial charge is 0.386 e. The highest BCUT2D eigenvalue weighted by Gasteiger charge is 2.00. The molecule has 0 atom stereocenters. The number of hydrogen-bond donors (Lipinski definition) is 0. The van der Waals surface area contributed by atoms with Crippen LogP contribution in [-0.4, -0.2) is 0 Å². The smallest absolute Gasteiger partial charge is 0.0532 e. The molecule has 2 nitrogen and oxygen atoms in total. The Labute approximate surface area is 66.7 Å². The maximum absolute atomic E-state index is 8.28. The van der Waals surface area contributed by atoms with Gasteiger partial charge in [-0.2, -0.15) is 0 Å². The predicted molar refractivity (Wildman–Crippen MR) is 43.9 cm³/mol. The van der Waals surface area contributed by atoms with Crippen molar-refractivity contribution < 1.29 is 0 Å². The lowest BCUT2D eigenvalue weighted by atomic mass is 10.3. The minimum atomic E-state index is 0.599. The second-order valence-corrected chi connectivity index (χ2v) is 2.83. The van der Waals surface area contributed by atoms with Crippen molar-refractivity contribution >= 4 is 28.3 Å². The van der Waals surface area contributed by atoms with Gasteiger partial charge in [0, 0.05) is 15.7 Å². The number of halogens is 1. The van der Waals surface area contributed by atoms with Crippen LogP contribution in [0.15, 0.2) is 24.3 Å². The van der Waals surface area contributed by atoms with Crippen molar-refractivity contribution in [2.75, 3.05) is 0 Å². The molecule has 1 rings (SSSR count). The molecule has 0 saturated heterocycles. The number of rotatable bonds is 0. The molecule has 3 heteroatoms. The molecule has 0 saturated carbocycles. The Balaban J connectivity index is 3.12. The summed E-state index contributed by atoms with van der Waals surface area (Å²) in [5, 5.41) is 8.28. The second kappa shape index (κ2) is 2.78. The first-order valence-corrected chi connectivity index (χ1v) is 3.51. The molecule has 0 fully saturated rings. The second-order valence-electron chi connectivity index (χ2n) is 1.58. The number of hydrogen-bond acceptors (Lipinski definition) is 1. The summed E-state index contributed by atoms with van der Waals surface area (Å²) < 4.78 is 1.07. The summed E-state index contributed by atoms with van der Waals surface area (Å²) in [6.07, 6.45) is 0. The van der Waals surface area contributed by atoms with Gasteiger partial charge in [-0.3, -0.25) is 0 Å². The van der Waals surface area contributed by atoms with Gasteiger partial charge in [0.15, 0.2) is 4.98 Å². The minimum Gasteiger partial charge on any atom is -0.0532 e. The molecule has 0 aromatic heterocycles. The average molecular weight is 231 g/mol. The minimum absolute atomic E-state index is 0.599. The zero-order valence-corrected chi connectivity index (χ0v) is 6.74. The molecular weight excluding hydrogens is 227 g/mol. The van der Waals surface area contributed by atoms with Crippen LogP contribution >= 0.6 is 22.6 Å². The van der Waals surface area contributed by atoms with Crippen LogP contribution in [0.3, 0.4) is 0 Å². The van der Waals surface area contributed by atoms with E-state index in [9.17, 15) is 0 Å². The van der Waals surface area contributed by atoms with Crippen molar-refractivity contribution in [2.24, 2.45) is 0 Å². The third-order valence-corrected chi connectivity index (χ3v) is 1.59. The van der Waals surface area contributed by atoms with E-state index in [2.05, 4.69) is 27.6 Å². The van der Waals surface area contributed by atoms with Gasteiger partial charge in [-0.05, 0) is 28.7 Å². The van der Waals surface area contributed by atoms with Gasteiger partial charge in [0.05, 0.1) is 0 Å². The van der Waals surface area contributed by atoms with Gasteiger partial charge in [0.25, 0.3) is 0 Å². The fourth-order valence-electron chi connectivity index (χ4n) is 0.538. The molecule has 0 unspecified atom stereocenters. The van der Waals surface area contributed by atoms with Gasteiger partial charge in [-0.1, -0.05) is 6.07 Å². The first kappa shape index (κ1) is 6.49. The van der Waals surface area contributed by atoms with E-state index in [0.717, 1.165) is 3.57 Å². The van der Waals surface area contributed by atoms with Crippen LogP contribution in [0.2, 0.25) is 0 Å². The van der Waals surface area contributed by atoms with Gasteiger partial charge in [0.1, 0.15) is 0 Å². The maximum Gasteiger partial charge on any atom is 0.386 e. The van der Waals surface area contributed by atoms with Gasteiger partial charge >= 0.3 is 5.69 Å². The van der Waals surface area contributed by atoms with Crippen molar-refractivity contribution in [2.45, 2.75) is 0 Å². The van der Waals surface area contributed by atoms with Crippen LogP contribution in [-0.2, 0) is 0 Å². The molecule has 0 aliphatic heterocycles. The first-order valence-electron chi connectivity index (χ1n) is 2.43. The average Bonchev–Trinajstić information content (AvgIpc) is 1.88. The Morgan fingerprint density at radius 2 is 2.22 bits per heavy atom. The Hall–Kier alpha value is -0.630. The van der Waals surface area contributed by atoms with Gasteiger partial charge in [-0.15, -0.1) is 0 Å². The molecule has 0 N–H and O–H groups in total. The van der Waals surface area contributed by atoms with Crippen LogP contribution in [0, 0.1) is 8.96 Å². The normalized spacial score (nSPS) is 8.44. The number of benzene rings is 1. The third kappa shape index (κ3) is 1.64. The first-order chi connectivity index (χ1) is 4.33. The Bertz CT molecular complexity index is 251. The molecule has 0 radical (unpaired) electrons. The van der Waals surface area contributed by atoms with E-state index >= 15 is 0 Å². The van der Waals surface area contributed by atoms with Crippen LogP contribution in [0.25, 0.3) is 4.98 Å². The van der Waals surface area contributed by atoms with E-state index in [1.54, 1.807) is 12.1 Å². The summed E-state index contributed by atoms with van der Waals surface area (Å²) >= 11 is 2.16. The fourth-order valence-corrected chi connectivity index (χ4v) is 1.06. The molecule has 9 heavy (non-hydrogen) atoms.